The smallest absolute Gasteiger partial charge is 0.341 e. The van der Waals surface area contributed by atoms with Crippen molar-refractivity contribution in [3.8, 4) is 0 Å². The lowest BCUT2D eigenvalue weighted by Gasteiger charge is -2.33. The van der Waals surface area contributed by atoms with Crippen LogP contribution in [0, 0.1) is 3.57 Å². The Balaban J connectivity index is 2.10. The van der Waals surface area contributed by atoms with E-state index in [9.17, 15) is 9.59 Å². The largest absolute Gasteiger partial charge is 0.421 e. The molecule has 1 unspecified atom stereocenters. The highest BCUT2D eigenvalue weighted by atomic mass is 127. The number of fused-ring (bicyclic) bond motifs is 1. The molecule has 1 aliphatic heterocycles. The van der Waals surface area contributed by atoms with Crippen LogP contribution >= 0.6 is 22.6 Å². The number of halogens is 1. The average Bonchev–Trinajstić information content (AvgIpc) is 2.80. The van der Waals surface area contributed by atoms with Gasteiger partial charge >= 0.3 is 5.97 Å². The molecule has 25 heavy (non-hydrogen) atoms. The van der Waals surface area contributed by atoms with Crippen molar-refractivity contribution >= 4 is 40.2 Å². The number of hydrogen-bond donors (Lipinski definition) is 2. The summed E-state index contributed by atoms with van der Waals surface area (Å²) in [5, 5.41) is 6.06. The highest BCUT2D eigenvalue weighted by molar-refractivity contribution is 14.1. The van der Waals surface area contributed by atoms with Gasteiger partial charge in [0.25, 0.3) is 11.6 Å². The highest BCUT2D eigenvalue weighted by Gasteiger charge is 2.52. The van der Waals surface area contributed by atoms with Crippen LogP contribution in [-0.4, -0.2) is 17.4 Å². The molecule has 3 rings (SSSR count). The Bertz CT molecular complexity index is 845. The van der Waals surface area contributed by atoms with Gasteiger partial charge in [-0.05, 0) is 67.6 Å². The third-order valence-corrected chi connectivity index (χ3v) is 4.40. The lowest BCUT2D eigenvalue weighted by molar-refractivity contribution is -0.139. The normalized spacial score (nSPS) is 19.1. The molecule has 130 valence electrons. The first-order chi connectivity index (χ1) is 11.7. The lowest BCUT2D eigenvalue weighted by atomic mass is 9.97. The van der Waals surface area contributed by atoms with Crippen LogP contribution in [-0.2, 0) is 15.3 Å². The van der Waals surface area contributed by atoms with Gasteiger partial charge in [-0.25, -0.2) is 4.79 Å². The van der Waals surface area contributed by atoms with Gasteiger partial charge in [0, 0.05) is 20.4 Å². The van der Waals surface area contributed by atoms with Crippen LogP contribution in [0.15, 0.2) is 48.5 Å². The molecule has 0 saturated carbocycles. The molecule has 0 saturated heterocycles. The first-order valence-corrected chi connectivity index (χ1v) is 8.98. The Morgan fingerprint density at radius 1 is 1.12 bits per heavy atom. The van der Waals surface area contributed by atoms with E-state index in [0.717, 1.165) is 3.57 Å². The molecule has 6 heteroatoms. The molecular weight excluding hydrogens is 431 g/mol. The van der Waals surface area contributed by atoms with Gasteiger partial charge in [0.1, 0.15) is 0 Å². The number of ether oxygens (including phenoxy) is 1. The number of benzene rings is 2. The topological polar surface area (TPSA) is 67.4 Å². The van der Waals surface area contributed by atoms with Crippen molar-refractivity contribution in [2.45, 2.75) is 32.0 Å². The molecule has 2 N–H and O–H groups in total. The van der Waals surface area contributed by atoms with E-state index < -0.39 is 23.1 Å². The van der Waals surface area contributed by atoms with Gasteiger partial charge in [0.15, 0.2) is 0 Å². The fourth-order valence-electron chi connectivity index (χ4n) is 2.73. The zero-order valence-corrected chi connectivity index (χ0v) is 16.4. The molecule has 1 amide bonds. The van der Waals surface area contributed by atoms with E-state index in [4.69, 9.17) is 4.74 Å². The van der Waals surface area contributed by atoms with Crippen molar-refractivity contribution in [2.24, 2.45) is 0 Å². The maximum Gasteiger partial charge on any atom is 0.341 e. The van der Waals surface area contributed by atoms with Crippen molar-refractivity contribution in [3.63, 3.8) is 0 Å². The fraction of sp³-hybridized carbons (Fsp3) is 0.263. The van der Waals surface area contributed by atoms with Crippen LogP contribution in [0.5, 0.6) is 0 Å². The minimum atomic E-state index is -1.59. The quantitative estimate of drug-likeness (QED) is 0.554. The summed E-state index contributed by atoms with van der Waals surface area (Å²) in [5.41, 5.74) is -0.461. The molecule has 0 fully saturated rings. The molecular formula is C19H19IN2O3. The number of carbonyl (C=O) groups is 2. The predicted octanol–water partition coefficient (Wildman–Crippen LogP) is 3.64. The van der Waals surface area contributed by atoms with Crippen molar-refractivity contribution < 1.29 is 14.3 Å². The first-order valence-electron chi connectivity index (χ1n) is 7.90. The monoisotopic (exact) mass is 450 g/mol. The second-order valence-electron chi connectivity index (χ2n) is 6.96. The summed E-state index contributed by atoms with van der Waals surface area (Å²) in [6.45, 7) is 5.65. The Labute approximate surface area is 160 Å². The van der Waals surface area contributed by atoms with Crippen LogP contribution < -0.4 is 10.6 Å². The summed E-state index contributed by atoms with van der Waals surface area (Å²) >= 11 is 2.19. The summed E-state index contributed by atoms with van der Waals surface area (Å²) in [4.78, 5) is 25.5. The zero-order chi connectivity index (χ0) is 18.2. The predicted molar refractivity (Wildman–Crippen MR) is 104 cm³/mol. The lowest BCUT2D eigenvalue weighted by Crippen LogP contribution is -2.55. The number of rotatable bonds is 3. The van der Waals surface area contributed by atoms with Crippen LogP contribution in [0.2, 0.25) is 0 Å². The minimum absolute atomic E-state index is 0.393. The van der Waals surface area contributed by atoms with Gasteiger partial charge in [0.2, 0.25) is 0 Å². The van der Waals surface area contributed by atoms with Crippen LogP contribution in [0.4, 0.5) is 5.69 Å². The Morgan fingerprint density at radius 2 is 1.84 bits per heavy atom. The van der Waals surface area contributed by atoms with Crippen molar-refractivity contribution in [1.82, 2.24) is 5.32 Å². The van der Waals surface area contributed by atoms with Gasteiger partial charge in [-0.3, -0.25) is 4.79 Å². The Morgan fingerprint density at radius 3 is 2.52 bits per heavy atom. The first kappa shape index (κ1) is 17.7. The number of anilines is 1. The molecule has 0 spiro atoms. The van der Waals surface area contributed by atoms with Crippen molar-refractivity contribution in [1.29, 1.82) is 0 Å². The second kappa shape index (κ2) is 6.33. The minimum Gasteiger partial charge on any atom is -0.421 e. The van der Waals surface area contributed by atoms with E-state index in [1.54, 1.807) is 24.3 Å². The van der Waals surface area contributed by atoms with E-state index in [0.29, 0.717) is 16.8 Å². The fourth-order valence-corrected chi connectivity index (χ4v) is 3.28. The third kappa shape index (κ3) is 3.49. The molecule has 5 nitrogen and oxygen atoms in total. The summed E-state index contributed by atoms with van der Waals surface area (Å²) in [5.74, 6) is -0.921. The van der Waals surface area contributed by atoms with Crippen LogP contribution in [0.3, 0.4) is 0 Å². The maximum absolute atomic E-state index is 13.1. The highest BCUT2D eigenvalue weighted by Crippen LogP contribution is 2.38. The maximum atomic E-state index is 13.1. The van der Waals surface area contributed by atoms with Gasteiger partial charge in [0.05, 0.1) is 5.56 Å². The average molecular weight is 450 g/mol. The molecule has 2 aromatic carbocycles. The molecule has 2 aromatic rings. The number of cyclic esters (lactones) is 1. The Kier molecular flexibility index (Phi) is 4.49. The molecule has 1 heterocycles. The number of hydrogen-bond acceptors (Lipinski definition) is 4. The number of amides is 1. The van der Waals surface area contributed by atoms with Crippen LogP contribution in [0.25, 0.3) is 0 Å². The van der Waals surface area contributed by atoms with E-state index >= 15 is 0 Å². The standard InChI is InChI=1S/C19H19IN2O3/c1-18(2,3)22-17(24)19(21-13-8-6-7-12(20)11-13)15-10-5-4-9-14(15)16(23)25-19/h4-11,21H,1-3H3,(H,22,24). The molecule has 1 aliphatic rings. The van der Waals surface area contributed by atoms with Gasteiger partial charge in [-0.2, -0.15) is 0 Å². The van der Waals surface area contributed by atoms with E-state index in [-0.39, 0.29) is 0 Å². The van der Waals surface area contributed by atoms with Gasteiger partial charge < -0.3 is 15.4 Å². The number of esters is 1. The molecule has 0 radical (unpaired) electrons. The van der Waals surface area contributed by atoms with Crippen molar-refractivity contribution in [2.75, 3.05) is 5.32 Å². The molecule has 1 atom stereocenters. The van der Waals surface area contributed by atoms with Crippen LogP contribution in [0.1, 0.15) is 36.7 Å². The zero-order valence-electron chi connectivity index (χ0n) is 14.2. The summed E-state index contributed by atoms with van der Waals surface area (Å²) in [6.07, 6.45) is 0. The summed E-state index contributed by atoms with van der Waals surface area (Å²) in [6, 6.07) is 14.5. The number of nitrogens with one attached hydrogen (secondary N) is 2. The molecule has 0 aliphatic carbocycles. The van der Waals surface area contributed by atoms with E-state index in [1.165, 1.54) is 0 Å². The third-order valence-electron chi connectivity index (χ3n) is 3.73. The van der Waals surface area contributed by atoms with Gasteiger partial charge in [-0.15, -0.1) is 0 Å². The van der Waals surface area contributed by atoms with E-state index in [1.807, 2.05) is 45.0 Å². The summed E-state index contributed by atoms with van der Waals surface area (Å²) < 4.78 is 6.61. The number of carbonyl (C=O) groups excluding carboxylic acids is 2. The summed E-state index contributed by atoms with van der Waals surface area (Å²) in [7, 11) is 0. The SMILES string of the molecule is CC(C)(C)NC(=O)C1(Nc2cccc(I)c2)OC(=O)c2ccccc21. The van der Waals surface area contributed by atoms with Gasteiger partial charge in [-0.1, -0.05) is 24.3 Å². The second-order valence-corrected chi connectivity index (χ2v) is 8.20. The molecule has 0 aromatic heterocycles. The Hall–Kier alpha value is -2.09. The van der Waals surface area contributed by atoms with E-state index in [2.05, 4.69) is 33.2 Å². The molecule has 0 bridgehead atoms. The van der Waals surface area contributed by atoms with Crippen molar-refractivity contribution in [3.05, 3.63) is 63.2 Å².